The van der Waals surface area contributed by atoms with Gasteiger partial charge < -0.3 is 20.2 Å². The summed E-state index contributed by atoms with van der Waals surface area (Å²) >= 11 is 0. The zero-order chi connectivity index (χ0) is 13.7. The molecular weight excluding hydrogens is 246 g/mol. The van der Waals surface area contributed by atoms with Crippen LogP contribution in [0, 0.1) is 6.92 Å². The summed E-state index contributed by atoms with van der Waals surface area (Å²) in [4.78, 5) is 8.79. The summed E-state index contributed by atoms with van der Waals surface area (Å²) < 4.78 is 10.9. The first-order valence-corrected chi connectivity index (χ1v) is 6.52. The molecule has 0 radical (unpaired) electrons. The zero-order valence-corrected chi connectivity index (χ0v) is 11.4. The van der Waals surface area contributed by atoms with Crippen LogP contribution in [0.2, 0.25) is 0 Å². The van der Waals surface area contributed by atoms with Gasteiger partial charge in [0.05, 0.1) is 25.9 Å². The van der Waals surface area contributed by atoms with Crippen molar-refractivity contribution in [3.8, 4) is 0 Å². The highest BCUT2D eigenvalue weighted by molar-refractivity contribution is 5.56. The number of nitrogens with zero attached hydrogens (tertiary/aromatic N) is 2. The van der Waals surface area contributed by atoms with Crippen LogP contribution < -0.4 is 16.6 Å². The Labute approximate surface area is 112 Å². The van der Waals surface area contributed by atoms with E-state index >= 15 is 0 Å². The Bertz CT molecular complexity index is 421. The molecule has 19 heavy (non-hydrogen) atoms. The molecule has 2 rings (SSSR count). The average molecular weight is 267 g/mol. The zero-order valence-electron chi connectivity index (χ0n) is 11.4. The maximum Gasteiger partial charge on any atom is 0.148 e. The summed E-state index contributed by atoms with van der Waals surface area (Å²) in [5, 5.41) is 3.28. The number of aryl methyl sites for hydroxylation is 1. The van der Waals surface area contributed by atoms with Crippen LogP contribution in [0.5, 0.6) is 0 Å². The quantitative estimate of drug-likeness (QED) is 0.527. The third kappa shape index (κ3) is 3.52. The molecule has 1 aromatic rings. The highest BCUT2D eigenvalue weighted by Crippen LogP contribution is 2.19. The van der Waals surface area contributed by atoms with Crippen molar-refractivity contribution >= 4 is 11.6 Å². The Kier molecular flexibility index (Phi) is 4.89. The topological polar surface area (TPSA) is 94.3 Å². The van der Waals surface area contributed by atoms with Crippen LogP contribution in [-0.4, -0.2) is 42.4 Å². The predicted octanol–water partition coefficient (Wildman–Crippen LogP) is 0.460. The molecule has 1 saturated heterocycles. The second kappa shape index (κ2) is 6.65. The molecule has 0 saturated carbocycles. The number of ether oxygens (including phenoxy) is 2. The van der Waals surface area contributed by atoms with Gasteiger partial charge in [-0.2, -0.15) is 0 Å². The minimum atomic E-state index is 0.0578. The molecule has 0 spiro atoms. The third-order valence-electron chi connectivity index (χ3n) is 3.03. The van der Waals surface area contributed by atoms with Crippen molar-refractivity contribution in [2.45, 2.75) is 26.4 Å². The van der Waals surface area contributed by atoms with Crippen LogP contribution in [0.4, 0.5) is 11.6 Å². The predicted molar refractivity (Wildman–Crippen MR) is 73.0 cm³/mol. The molecule has 1 fully saturated rings. The van der Waals surface area contributed by atoms with E-state index in [-0.39, 0.29) is 6.10 Å². The van der Waals surface area contributed by atoms with E-state index in [1.165, 1.54) is 0 Å². The lowest BCUT2D eigenvalue weighted by Gasteiger charge is -2.24. The van der Waals surface area contributed by atoms with Crippen LogP contribution >= 0.6 is 0 Å². The van der Waals surface area contributed by atoms with E-state index in [4.69, 9.17) is 15.3 Å². The minimum Gasteiger partial charge on any atom is -0.376 e. The molecule has 1 aliphatic heterocycles. The number of nitrogen functional groups attached to an aromatic ring is 1. The monoisotopic (exact) mass is 267 g/mol. The summed E-state index contributed by atoms with van der Waals surface area (Å²) in [6.07, 6.45) is 0.814. The first-order valence-electron chi connectivity index (χ1n) is 6.52. The largest absolute Gasteiger partial charge is 0.376 e. The van der Waals surface area contributed by atoms with Crippen molar-refractivity contribution in [2.24, 2.45) is 5.84 Å². The molecule has 1 atom stereocenters. The van der Waals surface area contributed by atoms with Crippen LogP contribution in [-0.2, 0) is 15.9 Å². The second-order valence-corrected chi connectivity index (χ2v) is 4.41. The van der Waals surface area contributed by atoms with E-state index in [2.05, 4.69) is 20.7 Å². The Morgan fingerprint density at radius 1 is 1.32 bits per heavy atom. The summed E-state index contributed by atoms with van der Waals surface area (Å²) in [5.41, 5.74) is 3.50. The first kappa shape index (κ1) is 14.0. The summed E-state index contributed by atoms with van der Waals surface area (Å²) in [6.45, 7) is 6.52. The summed E-state index contributed by atoms with van der Waals surface area (Å²) in [7, 11) is 0. The molecule has 7 heteroatoms. The standard InChI is InChI=1S/C12H21N5O2/c1-3-10-15-11(8(2)12(16-10)17-13)14-6-9-7-18-4-5-19-9/h9H,3-7,13H2,1-2H3,(H2,14,15,16,17). The number of hydrogen-bond acceptors (Lipinski definition) is 7. The van der Waals surface area contributed by atoms with E-state index in [1.54, 1.807) is 0 Å². The lowest BCUT2D eigenvalue weighted by molar-refractivity contribution is -0.0819. The number of nitrogens with two attached hydrogens (primary N) is 1. The molecule has 4 N–H and O–H groups in total. The molecule has 0 bridgehead atoms. The van der Waals surface area contributed by atoms with Gasteiger partial charge in [-0.25, -0.2) is 15.8 Å². The molecule has 1 aromatic heterocycles. The first-order chi connectivity index (χ1) is 9.24. The van der Waals surface area contributed by atoms with E-state index in [1.807, 2.05) is 13.8 Å². The summed E-state index contributed by atoms with van der Waals surface area (Å²) in [5.74, 6) is 7.66. The van der Waals surface area contributed by atoms with Gasteiger partial charge in [-0.1, -0.05) is 6.92 Å². The molecule has 1 aliphatic rings. The fraction of sp³-hybridized carbons (Fsp3) is 0.667. The molecule has 106 valence electrons. The van der Waals surface area contributed by atoms with Crippen LogP contribution in [0.1, 0.15) is 18.3 Å². The number of hydrazine groups is 1. The molecule has 1 unspecified atom stereocenters. The van der Waals surface area contributed by atoms with E-state index in [0.29, 0.717) is 32.2 Å². The molecule has 0 aliphatic carbocycles. The van der Waals surface area contributed by atoms with Crippen molar-refractivity contribution in [3.63, 3.8) is 0 Å². The maximum absolute atomic E-state index is 5.58. The van der Waals surface area contributed by atoms with Crippen molar-refractivity contribution in [1.29, 1.82) is 0 Å². The Balaban J connectivity index is 2.05. The fourth-order valence-electron chi connectivity index (χ4n) is 1.90. The molecule has 7 nitrogen and oxygen atoms in total. The molecule has 2 heterocycles. The smallest absolute Gasteiger partial charge is 0.148 e. The van der Waals surface area contributed by atoms with Gasteiger partial charge in [0, 0.05) is 18.5 Å². The van der Waals surface area contributed by atoms with Gasteiger partial charge in [0.15, 0.2) is 0 Å². The van der Waals surface area contributed by atoms with Crippen molar-refractivity contribution in [1.82, 2.24) is 9.97 Å². The van der Waals surface area contributed by atoms with Gasteiger partial charge in [0.2, 0.25) is 0 Å². The Hall–Kier alpha value is -1.44. The van der Waals surface area contributed by atoms with Gasteiger partial charge >= 0.3 is 0 Å². The SMILES string of the molecule is CCc1nc(NN)c(C)c(NCC2COCCO2)n1. The maximum atomic E-state index is 5.58. The third-order valence-corrected chi connectivity index (χ3v) is 3.03. The number of hydrogen-bond donors (Lipinski definition) is 3. The van der Waals surface area contributed by atoms with Gasteiger partial charge in [-0.3, -0.25) is 0 Å². The van der Waals surface area contributed by atoms with Crippen LogP contribution in [0.15, 0.2) is 0 Å². The van der Waals surface area contributed by atoms with Crippen molar-refractivity contribution in [2.75, 3.05) is 37.1 Å². The highest BCUT2D eigenvalue weighted by atomic mass is 16.6. The fourth-order valence-corrected chi connectivity index (χ4v) is 1.90. The number of rotatable bonds is 5. The Morgan fingerprint density at radius 2 is 2.11 bits per heavy atom. The van der Waals surface area contributed by atoms with Crippen LogP contribution in [0.3, 0.4) is 0 Å². The highest BCUT2D eigenvalue weighted by Gasteiger charge is 2.16. The lowest BCUT2D eigenvalue weighted by atomic mass is 10.2. The van der Waals surface area contributed by atoms with E-state index in [0.717, 1.165) is 23.6 Å². The average Bonchev–Trinajstić information content (AvgIpc) is 2.47. The van der Waals surface area contributed by atoms with Gasteiger partial charge in [-0.15, -0.1) is 0 Å². The molecule has 0 amide bonds. The van der Waals surface area contributed by atoms with Gasteiger partial charge in [0.25, 0.3) is 0 Å². The number of anilines is 2. The van der Waals surface area contributed by atoms with Crippen molar-refractivity contribution < 1.29 is 9.47 Å². The Morgan fingerprint density at radius 3 is 2.74 bits per heavy atom. The van der Waals surface area contributed by atoms with Gasteiger partial charge in [-0.05, 0) is 6.92 Å². The normalized spacial score (nSPS) is 19.2. The van der Waals surface area contributed by atoms with Gasteiger partial charge in [0.1, 0.15) is 17.5 Å². The molecular formula is C12H21N5O2. The number of nitrogens with one attached hydrogen (secondary N) is 2. The second-order valence-electron chi connectivity index (χ2n) is 4.41. The summed E-state index contributed by atoms with van der Waals surface area (Å²) in [6, 6.07) is 0. The molecule has 0 aromatic carbocycles. The van der Waals surface area contributed by atoms with Crippen LogP contribution in [0.25, 0.3) is 0 Å². The lowest BCUT2D eigenvalue weighted by Crippen LogP contribution is -2.34. The minimum absolute atomic E-state index is 0.0578. The van der Waals surface area contributed by atoms with E-state index < -0.39 is 0 Å². The van der Waals surface area contributed by atoms with E-state index in [9.17, 15) is 0 Å². The number of aromatic nitrogens is 2. The van der Waals surface area contributed by atoms with Crippen molar-refractivity contribution in [3.05, 3.63) is 11.4 Å².